The summed E-state index contributed by atoms with van der Waals surface area (Å²) in [6.45, 7) is 4.61. The van der Waals surface area contributed by atoms with Gasteiger partial charge in [-0.1, -0.05) is 13.8 Å². The molecule has 16 heavy (non-hydrogen) atoms. The Bertz CT molecular complexity index is 310. The predicted octanol–water partition coefficient (Wildman–Crippen LogP) is 0.938. The van der Waals surface area contributed by atoms with Gasteiger partial charge < -0.3 is 10.4 Å². The first-order valence-corrected chi connectivity index (χ1v) is 5.55. The Morgan fingerprint density at radius 1 is 1.56 bits per heavy atom. The maximum absolute atomic E-state index is 11.6. The van der Waals surface area contributed by atoms with Gasteiger partial charge in [0.05, 0.1) is 18.4 Å². The van der Waals surface area contributed by atoms with Gasteiger partial charge in [0.1, 0.15) is 0 Å². The molecule has 5 nitrogen and oxygen atoms in total. The third-order valence-corrected chi connectivity index (χ3v) is 3.22. The van der Waals surface area contributed by atoms with Gasteiger partial charge in [0, 0.05) is 18.2 Å². The molecule has 3 N–H and O–H groups in total. The van der Waals surface area contributed by atoms with E-state index in [-0.39, 0.29) is 17.9 Å². The van der Waals surface area contributed by atoms with Crippen LogP contribution in [-0.2, 0) is 0 Å². The molecule has 0 fully saturated rings. The fourth-order valence-electron chi connectivity index (χ4n) is 1.52. The van der Waals surface area contributed by atoms with Crippen LogP contribution in [0.15, 0.2) is 12.4 Å². The molecule has 1 amide bonds. The number of carbonyl (C=O) groups excluding carboxylic acids is 1. The summed E-state index contributed by atoms with van der Waals surface area (Å²) < 4.78 is 0. The molecule has 5 heteroatoms. The Balaban J connectivity index is 2.53. The van der Waals surface area contributed by atoms with Crippen molar-refractivity contribution >= 4 is 5.91 Å². The van der Waals surface area contributed by atoms with Crippen LogP contribution in [0.2, 0.25) is 0 Å². The number of rotatable bonds is 6. The highest BCUT2D eigenvalue weighted by molar-refractivity contribution is 5.93. The number of amides is 1. The molecule has 0 saturated carbocycles. The number of aliphatic hydroxyl groups excluding tert-OH is 1. The lowest BCUT2D eigenvalue weighted by Crippen LogP contribution is -2.39. The SMILES string of the molecule is CCC(CC)(CO)CNC(=O)c1cn[nH]c1. The molecule has 0 spiro atoms. The summed E-state index contributed by atoms with van der Waals surface area (Å²) in [5, 5.41) is 18.5. The zero-order valence-corrected chi connectivity index (χ0v) is 9.79. The largest absolute Gasteiger partial charge is 0.396 e. The molecular weight excluding hydrogens is 206 g/mol. The van der Waals surface area contributed by atoms with Gasteiger partial charge in [0.2, 0.25) is 0 Å². The van der Waals surface area contributed by atoms with Gasteiger partial charge >= 0.3 is 0 Å². The van der Waals surface area contributed by atoms with E-state index in [9.17, 15) is 9.90 Å². The summed E-state index contributed by atoms with van der Waals surface area (Å²) in [6, 6.07) is 0. The van der Waals surface area contributed by atoms with Crippen LogP contribution < -0.4 is 5.32 Å². The molecule has 1 heterocycles. The van der Waals surface area contributed by atoms with E-state index in [1.54, 1.807) is 6.20 Å². The summed E-state index contributed by atoms with van der Waals surface area (Å²) in [7, 11) is 0. The van der Waals surface area contributed by atoms with Crippen LogP contribution in [0.25, 0.3) is 0 Å². The summed E-state index contributed by atoms with van der Waals surface area (Å²) >= 11 is 0. The topological polar surface area (TPSA) is 78.0 Å². The minimum absolute atomic E-state index is 0.0890. The minimum Gasteiger partial charge on any atom is -0.396 e. The number of H-pyrrole nitrogens is 1. The van der Waals surface area contributed by atoms with E-state index in [1.807, 2.05) is 13.8 Å². The molecule has 0 atom stereocenters. The first-order chi connectivity index (χ1) is 7.67. The summed E-state index contributed by atoms with van der Waals surface area (Å²) in [5.41, 5.74) is 0.304. The van der Waals surface area contributed by atoms with Crippen molar-refractivity contribution in [3.05, 3.63) is 18.0 Å². The highest BCUT2D eigenvalue weighted by atomic mass is 16.3. The van der Waals surface area contributed by atoms with Crippen LogP contribution in [0, 0.1) is 5.41 Å². The van der Waals surface area contributed by atoms with E-state index >= 15 is 0 Å². The van der Waals surface area contributed by atoms with E-state index in [2.05, 4.69) is 15.5 Å². The lowest BCUT2D eigenvalue weighted by molar-refractivity contribution is 0.0851. The normalized spacial score (nSPS) is 11.4. The fourth-order valence-corrected chi connectivity index (χ4v) is 1.52. The molecular formula is C11H19N3O2. The van der Waals surface area contributed by atoms with Gasteiger partial charge in [0.15, 0.2) is 0 Å². The van der Waals surface area contributed by atoms with Gasteiger partial charge in [-0.3, -0.25) is 9.89 Å². The predicted molar refractivity (Wildman–Crippen MR) is 61.0 cm³/mol. The highest BCUT2D eigenvalue weighted by Gasteiger charge is 2.25. The third kappa shape index (κ3) is 2.82. The monoisotopic (exact) mass is 225 g/mol. The molecule has 0 bridgehead atoms. The van der Waals surface area contributed by atoms with E-state index in [4.69, 9.17) is 0 Å². The maximum Gasteiger partial charge on any atom is 0.254 e. The number of nitrogens with zero attached hydrogens (tertiary/aromatic N) is 1. The van der Waals surface area contributed by atoms with Crippen LogP contribution in [0.5, 0.6) is 0 Å². The van der Waals surface area contributed by atoms with E-state index in [1.165, 1.54) is 6.20 Å². The van der Waals surface area contributed by atoms with Crippen molar-refractivity contribution in [3.8, 4) is 0 Å². The van der Waals surface area contributed by atoms with Crippen molar-refractivity contribution in [3.63, 3.8) is 0 Å². The molecule has 1 rings (SSSR count). The van der Waals surface area contributed by atoms with Gasteiger partial charge in [-0.15, -0.1) is 0 Å². The second-order valence-corrected chi connectivity index (χ2v) is 4.03. The van der Waals surface area contributed by atoms with Crippen molar-refractivity contribution in [2.45, 2.75) is 26.7 Å². The van der Waals surface area contributed by atoms with Crippen LogP contribution in [0.3, 0.4) is 0 Å². The molecule has 0 radical (unpaired) electrons. The molecule has 0 unspecified atom stereocenters. The van der Waals surface area contributed by atoms with Crippen molar-refractivity contribution in [2.75, 3.05) is 13.2 Å². The average Bonchev–Trinajstić information content (AvgIpc) is 2.85. The Hall–Kier alpha value is -1.36. The number of carbonyl (C=O) groups is 1. The Kier molecular flexibility index (Phi) is 4.49. The summed E-state index contributed by atoms with van der Waals surface area (Å²) in [4.78, 5) is 11.6. The highest BCUT2D eigenvalue weighted by Crippen LogP contribution is 2.24. The molecule has 1 aromatic rings. The van der Waals surface area contributed by atoms with E-state index < -0.39 is 0 Å². The smallest absolute Gasteiger partial charge is 0.254 e. The lowest BCUT2D eigenvalue weighted by atomic mass is 9.83. The Labute approximate surface area is 95.3 Å². The lowest BCUT2D eigenvalue weighted by Gasteiger charge is -2.29. The average molecular weight is 225 g/mol. The maximum atomic E-state index is 11.6. The first kappa shape index (κ1) is 12.7. The molecule has 0 saturated heterocycles. The zero-order chi connectivity index (χ0) is 12.0. The van der Waals surface area contributed by atoms with Crippen LogP contribution in [0.4, 0.5) is 0 Å². The fraction of sp³-hybridized carbons (Fsp3) is 0.636. The number of hydrogen-bond donors (Lipinski definition) is 3. The van der Waals surface area contributed by atoms with Gasteiger partial charge in [-0.05, 0) is 12.8 Å². The quantitative estimate of drug-likeness (QED) is 0.674. The number of aromatic nitrogens is 2. The molecule has 0 aromatic carbocycles. The number of hydrogen-bond acceptors (Lipinski definition) is 3. The number of nitrogens with one attached hydrogen (secondary N) is 2. The van der Waals surface area contributed by atoms with Crippen molar-refractivity contribution in [1.29, 1.82) is 0 Å². The van der Waals surface area contributed by atoms with Crippen LogP contribution >= 0.6 is 0 Å². The third-order valence-electron chi connectivity index (χ3n) is 3.22. The van der Waals surface area contributed by atoms with Crippen LogP contribution in [0.1, 0.15) is 37.0 Å². The Morgan fingerprint density at radius 2 is 2.25 bits per heavy atom. The molecule has 1 aromatic heterocycles. The zero-order valence-electron chi connectivity index (χ0n) is 9.79. The molecule has 90 valence electrons. The second-order valence-electron chi connectivity index (χ2n) is 4.03. The van der Waals surface area contributed by atoms with Gasteiger partial charge in [-0.2, -0.15) is 5.10 Å². The summed E-state index contributed by atoms with van der Waals surface area (Å²) in [5.74, 6) is -0.159. The minimum atomic E-state index is -0.209. The number of aliphatic hydroxyl groups is 1. The molecule has 0 aliphatic heterocycles. The molecule has 0 aliphatic carbocycles. The molecule has 0 aliphatic rings. The summed E-state index contributed by atoms with van der Waals surface area (Å²) in [6.07, 6.45) is 4.71. The second kappa shape index (κ2) is 5.65. The van der Waals surface area contributed by atoms with Crippen LogP contribution in [-0.4, -0.2) is 34.4 Å². The van der Waals surface area contributed by atoms with Crippen molar-refractivity contribution in [1.82, 2.24) is 15.5 Å². The van der Waals surface area contributed by atoms with E-state index in [0.717, 1.165) is 12.8 Å². The standard InChI is InChI=1S/C11H19N3O2/c1-3-11(4-2,8-15)7-12-10(16)9-5-13-14-6-9/h5-6,15H,3-4,7-8H2,1-2H3,(H,12,16)(H,13,14). The van der Waals surface area contributed by atoms with Crippen molar-refractivity contribution in [2.24, 2.45) is 5.41 Å². The number of aromatic amines is 1. The van der Waals surface area contributed by atoms with Crippen molar-refractivity contribution < 1.29 is 9.90 Å². The van der Waals surface area contributed by atoms with Gasteiger partial charge in [-0.25, -0.2) is 0 Å². The Morgan fingerprint density at radius 3 is 2.69 bits per heavy atom. The van der Waals surface area contributed by atoms with E-state index in [0.29, 0.717) is 12.1 Å². The van der Waals surface area contributed by atoms with Gasteiger partial charge in [0.25, 0.3) is 5.91 Å². The first-order valence-electron chi connectivity index (χ1n) is 5.55.